The number of nitro benzene ring substituents is 2. The summed E-state index contributed by atoms with van der Waals surface area (Å²) in [4.78, 5) is 76.5. The van der Waals surface area contributed by atoms with E-state index in [-0.39, 0.29) is 31.1 Å². The summed E-state index contributed by atoms with van der Waals surface area (Å²) in [6.45, 7) is 6.66. The second kappa shape index (κ2) is 16.0. The van der Waals surface area contributed by atoms with Gasteiger partial charge in [-0.05, 0) is 69.5 Å². The van der Waals surface area contributed by atoms with Crippen LogP contribution in [0.3, 0.4) is 0 Å². The standard InChI is InChI=1S/C29H35N7O11/c1-18(24(37)31-21-13-14-34(15-21)28(40)47-29(2,3)4)30-25(32-26(38)45-16-19-5-9-22(10-6-19)35(41)42)33-27(39)46-17-20-7-11-23(12-8-20)36(43)44/h5-12,18,21H,13-17H2,1-4H3,(H,31,37)(H2,30,32,33,38,39)/t18-,21+/m1/s1. The number of benzene rings is 2. The minimum absolute atomic E-state index is 0.147. The molecule has 2 atom stereocenters. The first-order chi connectivity index (χ1) is 22.1. The number of amides is 4. The zero-order valence-corrected chi connectivity index (χ0v) is 26.1. The Morgan fingerprint density at radius 1 is 0.894 bits per heavy atom. The fourth-order valence-corrected chi connectivity index (χ4v) is 4.03. The fourth-order valence-electron chi connectivity index (χ4n) is 4.03. The van der Waals surface area contributed by atoms with Crippen LogP contribution in [-0.2, 0) is 32.2 Å². The quantitative estimate of drug-likeness (QED) is 0.116. The molecular formula is C29H35N7O11. The Balaban J connectivity index is 1.63. The second-order valence-electron chi connectivity index (χ2n) is 11.3. The van der Waals surface area contributed by atoms with Gasteiger partial charge in [0.25, 0.3) is 11.4 Å². The molecule has 0 unspecified atom stereocenters. The summed E-state index contributed by atoms with van der Waals surface area (Å²) in [5.41, 5.74) is -0.101. The Hall–Kier alpha value is -5.81. The van der Waals surface area contributed by atoms with E-state index in [2.05, 4.69) is 20.9 Å². The van der Waals surface area contributed by atoms with Gasteiger partial charge in [-0.3, -0.25) is 35.7 Å². The zero-order chi connectivity index (χ0) is 34.7. The monoisotopic (exact) mass is 657 g/mol. The number of non-ortho nitro benzene ring substituents is 2. The molecule has 4 amide bonds. The van der Waals surface area contributed by atoms with E-state index in [0.717, 1.165) is 0 Å². The van der Waals surface area contributed by atoms with Crippen molar-refractivity contribution in [3.63, 3.8) is 0 Å². The minimum Gasteiger partial charge on any atom is -0.444 e. The highest BCUT2D eigenvalue weighted by Gasteiger charge is 2.31. The molecule has 1 aliphatic heterocycles. The molecule has 0 spiro atoms. The van der Waals surface area contributed by atoms with E-state index >= 15 is 0 Å². The van der Waals surface area contributed by atoms with E-state index in [1.807, 2.05) is 0 Å². The summed E-state index contributed by atoms with van der Waals surface area (Å²) in [6.07, 6.45) is -2.19. The van der Waals surface area contributed by atoms with Gasteiger partial charge in [-0.15, -0.1) is 0 Å². The Kier molecular flexibility index (Phi) is 12.1. The predicted molar refractivity (Wildman–Crippen MR) is 164 cm³/mol. The number of ether oxygens (including phenoxy) is 3. The summed E-state index contributed by atoms with van der Waals surface area (Å²) >= 11 is 0. The van der Waals surface area contributed by atoms with Gasteiger partial charge in [-0.1, -0.05) is 0 Å². The van der Waals surface area contributed by atoms with Gasteiger partial charge in [0.2, 0.25) is 11.9 Å². The molecule has 18 heteroatoms. The van der Waals surface area contributed by atoms with Crippen LogP contribution in [0.2, 0.25) is 0 Å². The number of nitrogens with one attached hydrogen (secondary N) is 3. The van der Waals surface area contributed by atoms with Gasteiger partial charge >= 0.3 is 18.3 Å². The van der Waals surface area contributed by atoms with Crippen molar-refractivity contribution in [1.82, 2.24) is 20.9 Å². The summed E-state index contributed by atoms with van der Waals surface area (Å²) in [7, 11) is 0. The van der Waals surface area contributed by atoms with Crippen LogP contribution in [0.15, 0.2) is 53.5 Å². The molecule has 2 aromatic rings. The highest BCUT2D eigenvalue weighted by Crippen LogP contribution is 2.16. The van der Waals surface area contributed by atoms with Gasteiger partial charge in [-0.25, -0.2) is 19.4 Å². The third kappa shape index (κ3) is 11.9. The van der Waals surface area contributed by atoms with Crippen molar-refractivity contribution < 1.29 is 43.2 Å². The van der Waals surface area contributed by atoms with Gasteiger partial charge in [0, 0.05) is 43.4 Å². The lowest BCUT2D eigenvalue weighted by atomic mass is 10.2. The summed E-state index contributed by atoms with van der Waals surface area (Å²) in [5.74, 6) is -1.06. The normalized spacial score (nSPS) is 14.6. The van der Waals surface area contributed by atoms with Crippen LogP contribution in [0.25, 0.3) is 0 Å². The fraction of sp³-hybridized carbons (Fsp3) is 0.414. The van der Waals surface area contributed by atoms with Crippen LogP contribution in [0.5, 0.6) is 0 Å². The van der Waals surface area contributed by atoms with Crippen molar-refractivity contribution >= 4 is 41.5 Å². The maximum Gasteiger partial charge on any atom is 0.414 e. The minimum atomic E-state index is -1.15. The summed E-state index contributed by atoms with van der Waals surface area (Å²) < 4.78 is 15.6. The Morgan fingerprint density at radius 2 is 1.36 bits per heavy atom. The van der Waals surface area contributed by atoms with Crippen LogP contribution in [0, 0.1) is 20.2 Å². The number of aliphatic imine (C=N–C) groups is 1. The largest absolute Gasteiger partial charge is 0.444 e. The van der Waals surface area contributed by atoms with Crippen molar-refractivity contribution in [2.24, 2.45) is 4.99 Å². The zero-order valence-electron chi connectivity index (χ0n) is 26.1. The third-order valence-corrected chi connectivity index (χ3v) is 6.36. The summed E-state index contributed by atoms with van der Waals surface area (Å²) in [5, 5.41) is 28.9. The number of carbonyl (C=O) groups is 4. The number of guanidine groups is 1. The van der Waals surface area contributed by atoms with Crippen molar-refractivity contribution in [3.8, 4) is 0 Å². The van der Waals surface area contributed by atoms with E-state index in [0.29, 0.717) is 24.1 Å². The van der Waals surface area contributed by atoms with Crippen LogP contribution in [0.1, 0.15) is 45.2 Å². The number of likely N-dealkylation sites (tertiary alicyclic amines) is 1. The molecule has 1 heterocycles. The number of rotatable bonds is 9. The number of nitrogens with zero attached hydrogens (tertiary/aromatic N) is 4. The van der Waals surface area contributed by atoms with E-state index < -0.39 is 57.7 Å². The van der Waals surface area contributed by atoms with Gasteiger partial charge in [0.15, 0.2) is 0 Å². The van der Waals surface area contributed by atoms with Gasteiger partial charge in [-0.2, -0.15) is 0 Å². The van der Waals surface area contributed by atoms with Crippen molar-refractivity contribution in [2.45, 2.75) is 65.0 Å². The predicted octanol–water partition coefficient (Wildman–Crippen LogP) is 3.53. The highest BCUT2D eigenvalue weighted by molar-refractivity contribution is 6.02. The second-order valence-corrected chi connectivity index (χ2v) is 11.3. The van der Waals surface area contributed by atoms with Crippen molar-refractivity contribution in [2.75, 3.05) is 13.1 Å². The summed E-state index contributed by atoms with van der Waals surface area (Å²) in [6, 6.07) is 9.00. The van der Waals surface area contributed by atoms with Crippen LogP contribution < -0.4 is 16.0 Å². The molecule has 252 valence electrons. The molecule has 3 rings (SSSR count). The van der Waals surface area contributed by atoms with Gasteiger partial charge < -0.3 is 24.4 Å². The smallest absolute Gasteiger partial charge is 0.414 e. The lowest BCUT2D eigenvalue weighted by molar-refractivity contribution is -0.385. The van der Waals surface area contributed by atoms with Gasteiger partial charge in [0.1, 0.15) is 24.9 Å². The molecular weight excluding hydrogens is 622 g/mol. The first-order valence-electron chi connectivity index (χ1n) is 14.3. The Morgan fingerprint density at radius 3 is 1.79 bits per heavy atom. The van der Waals surface area contributed by atoms with Crippen molar-refractivity contribution in [1.29, 1.82) is 0 Å². The average molecular weight is 658 g/mol. The SMILES string of the molecule is C[C@@H](N=C(NC(=O)OCc1ccc([N+](=O)[O-])cc1)NC(=O)OCc1ccc([N+](=O)[O-])cc1)C(=O)N[C@H]1CCN(C(=O)OC(C)(C)C)C1. The van der Waals surface area contributed by atoms with Crippen LogP contribution in [0.4, 0.5) is 25.8 Å². The van der Waals surface area contributed by atoms with E-state index in [1.54, 1.807) is 20.8 Å². The first-order valence-corrected chi connectivity index (χ1v) is 14.3. The maximum atomic E-state index is 12.9. The van der Waals surface area contributed by atoms with E-state index in [4.69, 9.17) is 14.2 Å². The first kappa shape index (κ1) is 35.7. The van der Waals surface area contributed by atoms with Crippen molar-refractivity contribution in [3.05, 3.63) is 79.9 Å². The molecule has 0 bridgehead atoms. The molecule has 0 aromatic heterocycles. The molecule has 3 N–H and O–H groups in total. The Labute approximate surface area is 268 Å². The molecule has 0 aliphatic carbocycles. The topological polar surface area (TPSA) is 234 Å². The van der Waals surface area contributed by atoms with Gasteiger partial charge in [0.05, 0.1) is 9.85 Å². The number of alkyl carbamates (subject to hydrolysis) is 2. The molecule has 0 radical (unpaired) electrons. The number of nitro groups is 2. The van der Waals surface area contributed by atoms with E-state index in [1.165, 1.54) is 60.4 Å². The molecule has 2 aromatic carbocycles. The molecule has 18 nitrogen and oxygen atoms in total. The maximum absolute atomic E-state index is 12.9. The molecule has 1 fully saturated rings. The highest BCUT2D eigenvalue weighted by atomic mass is 16.6. The lowest BCUT2D eigenvalue weighted by Gasteiger charge is -2.24. The van der Waals surface area contributed by atoms with Crippen LogP contribution >= 0.6 is 0 Å². The number of hydrogen-bond donors (Lipinski definition) is 3. The molecule has 0 saturated carbocycles. The van der Waals surface area contributed by atoms with E-state index in [9.17, 15) is 39.4 Å². The number of hydrogen-bond acceptors (Lipinski definition) is 12. The third-order valence-electron chi connectivity index (χ3n) is 6.36. The lowest BCUT2D eigenvalue weighted by Crippen LogP contribution is -2.47. The molecule has 47 heavy (non-hydrogen) atoms. The average Bonchev–Trinajstić information content (AvgIpc) is 3.47. The number of carbonyl (C=O) groups excluding carboxylic acids is 4. The molecule has 1 saturated heterocycles. The van der Waals surface area contributed by atoms with Crippen LogP contribution in [-0.4, -0.2) is 75.7 Å². The molecule has 1 aliphatic rings. The Bertz CT molecular complexity index is 1430.